The molecule has 0 bridgehead atoms. The lowest BCUT2D eigenvalue weighted by atomic mass is 9.77. The largest absolute Gasteiger partial charge is 0.478 e. The Morgan fingerprint density at radius 1 is 0.765 bits per heavy atom. The zero-order valence-electron chi connectivity index (χ0n) is 28.4. The topological polar surface area (TPSA) is 111 Å². The van der Waals surface area contributed by atoms with Crippen molar-refractivity contribution in [1.29, 1.82) is 0 Å². The highest BCUT2D eigenvalue weighted by Gasteiger charge is 2.41. The van der Waals surface area contributed by atoms with Crippen LogP contribution in [0, 0.1) is 0 Å². The van der Waals surface area contributed by atoms with Crippen LogP contribution in [0.3, 0.4) is 0 Å². The van der Waals surface area contributed by atoms with E-state index in [-0.39, 0.29) is 5.56 Å². The number of nitrogens with one attached hydrogen (secondary N) is 1. The van der Waals surface area contributed by atoms with Crippen LogP contribution >= 0.6 is 0 Å². The Morgan fingerprint density at radius 2 is 1.35 bits per heavy atom. The zero-order chi connectivity index (χ0) is 35.0. The number of aryl methyl sites for hydroxylation is 1. The summed E-state index contributed by atoms with van der Waals surface area (Å²) in [7, 11) is 0. The molecule has 0 spiro atoms. The highest BCUT2D eigenvalue weighted by Crippen LogP contribution is 2.42. The van der Waals surface area contributed by atoms with E-state index in [0.717, 1.165) is 58.6 Å². The Hall–Kier alpha value is -6.35. The predicted molar refractivity (Wildman–Crippen MR) is 199 cm³/mol. The van der Waals surface area contributed by atoms with Crippen molar-refractivity contribution in [3.63, 3.8) is 0 Å². The number of carbonyl (C=O) groups is 1. The molecule has 9 heteroatoms. The van der Waals surface area contributed by atoms with Gasteiger partial charge >= 0.3 is 5.97 Å². The molecule has 0 radical (unpaired) electrons. The molecule has 0 unspecified atom stereocenters. The molecule has 0 saturated heterocycles. The highest BCUT2D eigenvalue weighted by atomic mass is 16.4. The van der Waals surface area contributed by atoms with Crippen LogP contribution in [-0.2, 0) is 25.0 Å². The van der Waals surface area contributed by atoms with E-state index in [9.17, 15) is 9.90 Å². The number of aromatic nitrogens is 6. The molecular weight excluding hydrogens is 635 g/mol. The van der Waals surface area contributed by atoms with Crippen LogP contribution < -0.4 is 5.32 Å². The summed E-state index contributed by atoms with van der Waals surface area (Å²) in [6, 6.07) is 46.5. The number of carboxylic acid groups (broad SMARTS) is 1. The summed E-state index contributed by atoms with van der Waals surface area (Å²) in [5.74, 6) is 0.688. The summed E-state index contributed by atoms with van der Waals surface area (Å²) >= 11 is 0. The summed E-state index contributed by atoms with van der Waals surface area (Å²) in [4.78, 5) is 16.6. The van der Waals surface area contributed by atoms with Crippen molar-refractivity contribution in [1.82, 2.24) is 29.8 Å². The number of aromatic carboxylic acids is 1. The maximum atomic E-state index is 11.8. The molecule has 0 aliphatic heterocycles. The van der Waals surface area contributed by atoms with Gasteiger partial charge in [0.25, 0.3) is 0 Å². The first-order valence-corrected chi connectivity index (χ1v) is 17.2. The number of hydrogen-bond donors (Lipinski definition) is 2. The quantitative estimate of drug-likeness (QED) is 0.112. The number of rotatable bonds is 14. The standard InChI is InChI=1S/C42H39N7O2/c1-2-3-23-39-44-29-36(28-43-38-22-14-13-21-37(38)41(50)51)48(39)30-31-24-26-32(27-25-31)40-45-46-47-49(40)42(33-15-7-4-8-16-33,34-17-9-5-10-18-34)35-19-11-6-12-20-35/h4-22,24-27,29,43H,2-3,23,28,30H2,1H3,(H,50,51). The average molecular weight is 674 g/mol. The Morgan fingerprint density at radius 3 is 1.94 bits per heavy atom. The Balaban J connectivity index is 1.24. The molecule has 0 amide bonds. The molecule has 5 aromatic carbocycles. The van der Waals surface area contributed by atoms with E-state index in [1.165, 1.54) is 0 Å². The molecule has 9 nitrogen and oxygen atoms in total. The second-order valence-electron chi connectivity index (χ2n) is 12.5. The number of hydrogen-bond acceptors (Lipinski definition) is 6. The van der Waals surface area contributed by atoms with Gasteiger partial charge in [-0.15, -0.1) is 5.10 Å². The first kappa shape index (κ1) is 33.2. The van der Waals surface area contributed by atoms with Crippen molar-refractivity contribution in [2.75, 3.05) is 5.32 Å². The zero-order valence-corrected chi connectivity index (χ0v) is 28.4. The molecule has 2 heterocycles. The number of imidazole rings is 1. The van der Waals surface area contributed by atoms with Gasteiger partial charge in [0.2, 0.25) is 0 Å². The SMILES string of the molecule is CCCCc1ncc(CNc2ccccc2C(=O)O)n1Cc1ccc(-c2nnnn2C(c2ccccc2)(c2ccccc2)c2ccccc2)cc1. The van der Waals surface area contributed by atoms with E-state index in [1.54, 1.807) is 18.2 Å². The van der Waals surface area contributed by atoms with Gasteiger partial charge in [-0.25, -0.2) is 14.5 Å². The fourth-order valence-corrected chi connectivity index (χ4v) is 6.77. The van der Waals surface area contributed by atoms with Gasteiger partial charge in [0, 0.05) is 24.2 Å². The monoisotopic (exact) mass is 673 g/mol. The van der Waals surface area contributed by atoms with E-state index >= 15 is 0 Å². The Bertz CT molecular complexity index is 2100. The van der Waals surface area contributed by atoms with Crippen LogP contribution in [0.4, 0.5) is 5.69 Å². The van der Waals surface area contributed by atoms with Crippen molar-refractivity contribution >= 4 is 11.7 Å². The number of unbranched alkanes of at least 4 members (excludes halogenated alkanes) is 1. The van der Waals surface area contributed by atoms with Gasteiger partial charge in [-0.2, -0.15) is 0 Å². The third kappa shape index (κ3) is 6.66. The van der Waals surface area contributed by atoms with E-state index < -0.39 is 11.5 Å². The van der Waals surface area contributed by atoms with E-state index in [0.29, 0.717) is 24.6 Å². The highest BCUT2D eigenvalue weighted by molar-refractivity contribution is 5.94. The lowest BCUT2D eigenvalue weighted by Gasteiger charge is -2.36. The van der Waals surface area contributed by atoms with Gasteiger partial charge in [0.05, 0.1) is 24.0 Å². The maximum Gasteiger partial charge on any atom is 0.337 e. The second kappa shape index (κ2) is 15.0. The molecule has 7 rings (SSSR count). The second-order valence-corrected chi connectivity index (χ2v) is 12.5. The first-order chi connectivity index (χ1) is 25.1. The van der Waals surface area contributed by atoms with Crippen molar-refractivity contribution in [3.05, 3.63) is 185 Å². The molecule has 51 heavy (non-hydrogen) atoms. The summed E-state index contributed by atoms with van der Waals surface area (Å²) < 4.78 is 4.18. The summed E-state index contributed by atoms with van der Waals surface area (Å²) in [5.41, 5.74) is 6.07. The molecule has 2 N–H and O–H groups in total. The lowest BCUT2D eigenvalue weighted by Crippen LogP contribution is -2.39. The molecule has 0 aliphatic carbocycles. The molecule has 0 fully saturated rings. The fourth-order valence-electron chi connectivity index (χ4n) is 6.77. The van der Waals surface area contributed by atoms with Gasteiger partial charge in [0.1, 0.15) is 11.4 Å². The fraction of sp³-hybridized carbons (Fsp3) is 0.167. The van der Waals surface area contributed by atoms with Crippen LogP contribution in [0.25, 0.3) is 11.4 Å². The number of anilines is 1. The van der Waals surface area contributed by atoms with Crippen LogP contribution in [0.1, 0.15) is 63.9 Å². The number of carboxylic acids is 1. The minimum atomic E-state index is -0.963. The third-order valence-electron chi connectivity index (χ3n) is 9.31. The van der Waals surface area contributed by atoms with Gasteiger partial charge in [-0.3, -0.25) is 0 Å². The number of para-hydroxylation sites is 1. The van der Waals surface area contributed by atoms with Gasteiger partial charge in [-0.05, 0) is 51.2 Å². The predicted octanol–water partition coefficient (Wildman–Crippen LogP) is 8.08. The number of benzene rings is 5. The van der Waals surface area contributed by atoms with Gasteiger partial charge < -0.3 is 15.0 Å². The van der Waals surface area contributed by atoms with Crippen LogP contribution in [0.2, 0.25) is 0 Å². The average Bonchev–Trinajstić information content (AvgIpc) is 3.83. The Kier molecular flexibility index (Phi) is 9.78. The van der Waals surface area contributed by atoms with Gasteiger partial charge in [-0.1, -0.05) is 141 Å². The van der Waals surface area contributed by atoms with Crippen molar-refractivity contribution in [2.24, 2.45) is 0 Å². The molecule has 2 aromatic heterocycles. The van der Waals surface area contributed by atoms with Crippen molar-refractivity contribution in [2.45, 2.75) is 44.8 Å². The Labute approximate surface area is 297 Å². The smallest absolute Gasteiger partial charge is 0.337 e. The normalized spacial score (nSPS) is 11.4. The van der Waals surface area contributed by atoms with Crippen molar-refractivity contribution < 1.29 is 9.90 Å². The molecular formula is C42H39N7O2. The maximum absolute atomic E-state index is 11.8. The van der Waals surface area contributed by atoms with E-state index in [1.807, 2.05) is 71.5 Å². The van der Waals surface area contributed by atoms with Crippen LogP contribution in [-0.4, -0.2) is 40.8 Å². The summed E-state index contributed by atoms with van der Waals surface area (Å²) in [6.07, 6.45) is 4.83. The van der Waals surface area contributed by atoms with Gasteiger partial charge in [0.15, 0.2) is 5.82 Å². The molecule has 254 valence electrons. The summed E-state index contributed by atoms with van der Waals surface area (Å²) in [6.45, 7) is 3.23. The minimum Gasteiger partial charge on any atom is -0.478 e. The number of nitrogens with zero attached hydrogens (tertiary/aromatic N) is 6. The van der Waals surface area contributed by atoms with E-state index in [2.05, 4.69) is 87.8 Å². The lowest BCUT2D eigenvalue weighted by molar-refractivity contribution is 0.0698. The van der Waals surface area contributed by atoms with Crippen LogP contribution in [0.5, 0.6) is 0 Å². The molecule has 0 atom stereocenters. The summed E-state index contributed by atoms with van der Waals surface area (Å²) in [5, 5.41) is 26.5. The van der Waals surface area contributed by atoms with E-state index in [4.69, 9.17) is 10.2 Å². The molecule has 0 saturated carbocycles. The van der Waals surface area contributed by atoms with Crippen LogP contribution in [0.15, 0.2) is 146 Å². The number of tetrazole rings is 1. The molecule has 7 aromatic rings. The third-order valence-corrected chi connectivity index (χ3v) is 9.31. The minimum absolute atomic E-state index is 0.239. The van der Waals surface area contributed by atoms with Crippen molar-refractivity contribution in [3.8, 4) is 11.4 Å². The molecule has 0 aliphatic rings. The first-order valence-electron chi connectivity index (χ1n) is 17.2.